The smallest absolute Gasteiger partial charge is 0.317 e. The highest BCUT2D eigenvalue weighted by molar-refractivity contribution is 5.74. The van der Waals surface area contributed by atoms with Gasteiger partial charge in [0, 0.05) is 38.8 Å². The monoisotopic (exact) mass is 284 g/mol. The van der Waals surface area contributed by atoms with Gasteiger partial charge in [-0.2, -0.15) is 0 Å². The molecular weight excluding hydrogens is 256 g/mol. The number of nitrogens with one attached hydrogen (secondary N) is 2. The lowest BCUT2D eigenvalue weighted by Gasteiger charge is -2.45. The summed E-state index contributed by atoms with van der Waals surface area (Å²) >= 11 is 0. The zero-order chi connectivity index (χ0) is 14.4. The Morgan fingerprint density at radius 3 is 2.80 bits per heavy atom. The molecular formula is C14H28N4O2. The third-order valence-corrected chi connectivity index (χ3v) is 4.62. The van der Waals surface area contributed by atoms with Crippen LogP contribution in [0.1, 0.15) is 19.3 Å². The number of ether oxygens (including phenoxy) is 1. The number of piperidine rings is 1. The van der Waals surface area contributed by atoms with E-state index in [9.17, 15) is 4.79 Å². The molecule has 0 bridgehead atoms. The number of carbonyl (C=O) groups excluding carboxylic acids is 1. The summed E-state index contributed by atoms with van der Waals surface area (Å²) < 4.78 is 4.98. The predicted octanol–water partition coefficient (Wildman–Crippen LogP) is 0.102. The number of urea groups is 1. The van der Waals surface area contributed by atoms with Crippen molar-refractivity contribution in [3.63, 3.8) is 0 Å². The number of hydrogen-bond acceptors (Lipinski definition) is 4. The molecule has 20 heavy (non-hydrogen) atoms. The number of amides is 2. The van der Waals surface area contributed by atoms with Gasteiger partial charge in [-0.05, 0) is 39.4 Å². The second kappa shape index (κ2) is 7.24. The Labute approximate surface area is 121 Å². The molecule has 0 saturated carbocycles. The molecule has 6 heteroatoms. The molecule has 2 rings (SSSR count). The van der Waals surface area contributed by atoms with Crippen molar-refractivity contribution in [1.29, 1.82) is 0 Å². The van der Waals surface area contributed by atoms with Crippen molar-refractivity contribution in [3.05, 3.63) is 0 Å². The van der Waals surface area contributed by atoms with E-state index in [1.807, 2.05) is 4.90 Å². The summed E-state index contributed by atoms with van der Waals surface area (Å²) in [6.45, 7) is 5.99. The van der Waals surface area contributed by atoms with Crippen molar-refractivity contribution >= 4 is 6.03 Å². The largest absolute Gasteiger partial charge is 0.383 e. The number of carbonyl (C=O) groups is 1. The molecule has 0 atom stereocenters. The minimum absolute atomic E-state index is 0.0512. The van der Waals surface area contributed by atoms with Crippen molar-refractivity contribution in [2.45, 2.75) is 24.8 Å². The van der Waals surface area contributed by atoms with E-state index in [0.717, 1.165) is 52.0 Å². The summed E-state index contributed by atoms with van der Waals surface area (Å²) in [5.41, 5.74) is 0.153. The molecule has 0 aromatic heterocycles. The van der Waals surface area contributed by atoms with Gasteiger partial charge in [0.1, 0.15) is 0 Å². The number of rotatable bonds is 3. The topological polar surface area (TPSA) is 56.8 Å². The molecule has 2 heterocycles. The number of likely N-dealkylation sites (N-methyl/N-ethyl adjacent to an activating group) is 1. The van der Waals surface area contributed by atoms with Gasteiger partial charge in [-0.1, -0.05) is 0 Å². The van der Waals surface area contributed by atoms with Gasteiger partial charge >= 0.3 is 6.03 Å². The van der Waals surface area contributed by atoms with Gasteiger partial charge < -0.3 is 20.3 Å². The normalized spacial score (nSPS) is 23.6. The molecule has 2 saturated heterocycles. The van der Waals surface area contributed by atoms with Gasteiger partial charge in [-0.25, -0.2) is 4.79 Å². The maximum absolute atomic E-state index is 12.3. The maximum Gasteiger partial charge on any atom is 0.317 e. The van der Waals surface area contributed by atoms with Crippen LogP contribution in [0.2, 0.25) is 0 Å². The third-order valence-electron chi connectivity index (χ3n) is 4.62. The number of hydrogen-bond donors (Lipinski definition) is 2. The zero-order valence-electron chi connectivity index (χ0n) is 12.8. The van der Waals surface area contributed by atoms with Crippen LogP contribution >= 0.6 is 0 Å². The van der Waals surface area contributed by atoms with Gasteiger partial charge in [-0.3, -0.25) is 4.90 Å². The van der Waals surface area contributed by atoms with E-state index in [0.29, 0.717) is 13.2 Å². The Morgan fingerprint density at radius 2 is 2.10 bits per heavy atom. The van der Waals surface area contributed by atoms with Crippen LogP contribution in [0.4, 0.5) is 4.79 Å². The second-order valence-corrected chi connectivity index (χ2v) is 5.90. The summed E-state index contributed by atoms with van der Waals surface area (Å²) in [5, 5.41) is 6.37. The van der Waals surface area contributed by atoms with Crippen molar-refractivity contribution in [2.75, 3.05) is 60.0 Å². The van der Waals surface area contributed by atoms with E-state index in [-0.39, 0.29) is 11.6 Å². The fraction of sp³-hybridized carbons (Fsp3) is 0.929. The van der Waals surface area contributed by atoms with Crippen LogP contribution in [0.5, 0.6) is 0 Å². The van der Waals surface area contributed by atoms with Gasteiger partial charge in [-0.15, -0.1) is 0 Å². The van der Waals surface area contributed by atoms with Crippen LogP contribution in [-0.2, 0) is 4.74 Å². The molecule has 0 aliphatic carbocycles. The molecule has 0 unspecified atom stereocenters. The van der Waals surface area contributed by atoms with Crippen molar-refractivity contribution in [2.24, 2.45) is 0 Å². The molecule has 2 aliphatic rings. The number of nitrogens with zero attached hydrogens (tertiary/aromatic N) is 2. The highest BCUT2D eigenvalue weighted by Crippen LogP contribution is 2.28. The molecule has 0 aromatic carbocycles. The SMILES string of the molecule is COCCNC(=O)N1CCCN(C)C2(CCNCC2)C1. The molecule has 6 nitrogen and oxygen atoms in total. The summed E-state index contributed by atoms with van der Waals surface area (Å²) in [5.74, 6) is 0. The fourth-order valence-corrected chi connectivity index (χ4v) is 3.27. The summed E-state index contributed by atoms with van der Waals surface area (Å²) in [6.07, 6.45) is 3.28. The van der Waals surface area contributed by atoms with Crippen molar-refractivity contribution < 1.29 is 9.53 Å². The lowest BCUT2D eigenvalue weighted by molar-refractivity contribution is 0.0724. The summed E-state index contributed by atoms with van der Waals surface area (Å²) in [6, 6.07) is 0.0512. The Kier molecular flexibility index (Phi) is 5.63. The van der Waals surface area contributed by atoms with Crippen LogP contribution in [0.15, 0.2) is 0 Å². The minimum Gasteiger partial charge on any atom is -0.383 e. The Morgan fingerprint density at radius 1 is 1.35 bits per heavy atom. The van der Waals surface area contributed by atoms with E-state index >= 15 is 0 Å². The first-order valence-corrected chi connectivity index (χ1v) is 7.62. The van der Waals surface area contributed by atoms with Crippen LogP contribution < -0.4 is 10.6 Å². The molecule has 2 fully saturated rings. The average molecular weight is 284 g/mol. The zero-order valence-corrected chi connectivity index (χ0v) is 12.8. The van der Waals surface area contributed by atoms with Crippen LogP contribution in [0, 0.1) is 0 Å². The lowest BCUT2D eigenvalue weighted by atomic mass is 9.86. The summed E-state index contributed by atoms with van der Waals surface area (Å²) in [4.78, 5) is 16.7. The first-order chi connectivity index (χ1) is 9.68. The first kappa shape index (κ1) is 15.5. The third kappa shape index (κ3) is 3.62. The van der Waals surface area contributed by atoms with E-state index in [4.69, 9.17) is 4.74 Å². The van der Waals surface area contributed by atoms with Gasteiger partial charge in [0.15, 0.2) is 0 Å². The van der Waals surface area contributed by atoms with E-state index < -0.39 is 0 Å². The van der Waals surface area contributed by atoms with Crippen LogP contribution in [-0.4, -0.2) is 81.4 Å². The molecule has 0 aromatic rings. The molecule has 2 aliphatic heterocycles. The summed E-state index contributed by atoms with van der Waals surface area (Å²) in [7, 11) is 3.86. The standard InChI is InChI=1S/C14H28N4O2/c1-17-9-3-10-18(13(19)16-8-11-20-2)12-14(17)4-6-15-7-5-14/h15H,3-12H2,1-2H3,(H,16,19). The quantitative estimate of drug-likeness (QED) is 0.722. The highest BCUT2D eigenvalue weighted by atomic mass is 16.5. The first-order valence-electron chi connectivity index (χ1n) is 7.62. The lowest BCUT2D eigenvalue weighted by Crippen LogP contribution is -2.59. The van der Waals surface area contributed by atoms with Gasteiger partial charge in [0.2, 0.25) is 0 Å². The maximum atomic E-state index is 12.3. The number of methoxy groups -OCH3 is 1. The molecule has 0 radical (unpaired) electrons. The van der Waals surface area contributed by atoms with Crippen molar-refractivity contribution in [1.82, 2.24) is 20.4 Å². The van der Waals surface area contributed by atoms with Crippen molar-refractivity contribution in [3.8, 4) is 0 Å². The molecule has 116 valence electrons. The fourth-order valence-electron chi connectivity index (χ4n) is 3.27. The second-order valence-electron chi connectivity index (χ2n) is 5.90. The average Bonchev–Trinajstić information content (AvgIpc) is 2.61. The van der Waals surface area contributed by atoms with E-state index in [1.165, 1.54) is 0 Å². The Hall–Kier alpha value is -0.850. The Balaban J connectivity index is 1.97. The Bertz CT molecular complexity index is 318. The van der Waals surface area contributed by atoms with Gasteiger partial charge in [0.05, 0.1) is 6.61 Å². The van der Waals surface area contributed by atoms with Crippen LogP contribution in [0.25, 0.3) is 0 Å². The minimum atomic E-state index is 0.0512. The molecule has 2 amide bonds. The van der Waals surface area contributed by atoms with E-state index in [1.54, 1.807) is 7.11 Å². The predicted molar refractivity (Wildman–Crippen MR) is 78.9 cm³/mol. The van der Waals surface area contributed by atoms with Crippen LogP contribution in [0.3, 0.4) is 0 Å². The van der Waals surface area contributed by atoms with E-state index in [2.05, 4.69) is 22.6 Å². The molecule has 2 N–H and O–H groups in total. The highest BCUT2D eigenvalue weighted by Gasteiger charge is 2.40. The molecule has 1 spiro atoms. The van der Waals surface area contributed by atoms with Gasteiger partial charge in [0.25, 0.3) is 0 Å².